The van der Waals surface area contributed by atoms with E-state index >= 15 is 0 Å². The summed E-state index contributed by atoms with van der Waals surface area (Å²) in [6.07, 6.45) is 9.73. The fraction of sp³-hybridized carbons (Fsp3) is 0.786. The maximum absolute atomic E-state index is 13.2. The van der Waals surface area contributed by atoms with Crippen molar-refractivity contribution in [3.8, 4) is 0 Å². The lowest BCUT2D eigenvalue weighted by molar-refractivity contribution is -0.160. The molecule has 7 nitrogen and oxygen atoms in total. The molecule has 0 unspecified atom stereocenters. The lowest BCUT2D eigenvalue weighted by Crippen LogP contribution is -2.43. The first-order valence-electron chi connectivity index (χ1n) is 13.5. The molecule has 35 heavy (non-hydrogen) atoms. The van der Waals surface area contributed by atoms with Crippen LogP contribution in [0.25, 0.3) is 0 Å². The number of hydrogen-bond acceptors (Lipinski definition) is 6. The van der Waals surface area contributed by atoms with Crippen LogP contribution >= 0.6 is 0 Å². The van der Waals surface area contributed by atoms with Crippen molar-refractivity contribution in [2.45, 2.75) is 116 Å². The van der Waals surface area contributed by atoms with Gasteiger partial charge in [0.05, 0.1) is 30.7 Å². The number of carboxylic acid groups (broad SMARTS) is 1. The van der Waals surface area contributed by atoms with Crippen LogP contribution in [-0.4, -0.2) is 56.8 Å². The number of esters is 1. The molecule has 7 heteroatoms. The van der Waals surface area contributed by atoms with Crippen molar-refractivity contribution in [1.29, 1.82) is 0 Å². The maximum Gasteiger partial charge on any atom is 0.309 e. The SMILES string of the molecule is CCCCC(CCCC)C(=O)O[C@H]1C[C@H](O)C=C2C=C[C@H](C)[C@H](CC[C@@H](O)C[C@@H](O)CC(=O)O)[C@H]21. The van der Waals surface area contributed by atoms with E-state index in [1.54, 1.807) is 0 Å². The minimum Gasteiger partial charge on any atom is -0.481 e. The minimum atomic E-state index is -1.09. The van der Waals surface area contributed by atoms with E-state index in [1.807, 2.05) is 12.2 Å². The number of hydrogen-bond donors (Lipinski definition) is 4. The molecule has 0 aromatic carbocycles. The van der Waals surface area contributed by atoms with Crippen molar-refractivity contribution >= 4 is 11.9 Å². The molecule has 0 aliphatic heterocycles. The quantitative estimate of drug-likeness (QED) is 0.249. The molecule has 0 aromatic rings. The van der Waals surface area contributed by atoms with Gasteiger partial charge in [0.25, 0.3) is 0 Å². The van der Waals surface area contributed by atoms with Gasteiger partial charge in [-0.3, -0.25) is 9.59 Å². The number of aliphatic carboxylic acids is 1. The summed E-state index contributed by atoms with van der Waals surface area (Å²) in [5.41, 5.74) is 0.976. The first-order chi connectivity index (χ1) is 16.7. The number of ether oxygens (including phenoxy) is 1. The molecular formula is C28H46O7. The Kier molecular flexibility index (Phi) is 12.5. The van der Waals surface area contributed by atoms with E-state index in [2.05, 4.69) is 26.8 Å². The van der Waals surface area contributed by atoms with E-state index in [9.17, 15) is 24.9 Å². The van der Waals surface area contributed by atoms with Crippen LogP contribution in [0, 0.1) is 23.7 Å². The average Bonchev–Trinajstić information content (AvgIpc) is 2.77. The van der Waals surface area contributed by atoms with Gasteiger partial charge in [-0.15, -0.1) is 0 Å². The van der Waals surface area contributed by atoms with Gasteiger partial charge in [0.2, 0.25) is 0 Å². The van der Waals surface area contributed by atoms with Crippen molar-refractivity contribution in [2.75, 3.05) is 0 Å². The molecule has 2 rings (SSSR count). The predicted octanol–water partition coefficient (Wildman–Crippen LogP) is 4.39. The predicted molar refractivity (Wildman–Crippen MR) is 135 cm³/mol. The number of carbonyl (C=O) groups excluding carboxylic acids is 1. The topological polar surface area (TPSA) is 124 Å². The van der Waals surface area contributed by atoms with E-state index in [1.165, 1.54) is 0 Å². The highest BCUT2D eigenvalue weighted by Gasteiger charge is 2.42. The first kappa shape index (κ1) is 29.5. The second-order valence-electron chi connectivity index (χ2n) is 10.6. The van der Waals surface area contributed by atoms with Crippen molar-refractivity contribution in [3.05, 3.63) is 23.8 Å². The fourth-order valence-corrected chi connectivity index (χ4v) is 5.61. The van der Waals surface area contributed by atoms with Gasteiger partial charge in [-0.05, 0) is 49.5 Å². The lowest BCUT2D eigenvalue weighted by atomic mass is 9.66. The lowest BCUT2D eigenvalue weighted by Gasteiger charge is -2.43. The smallest absolute Gasteiger partial charge is 0.309 e. The molecule has 0 saturated heterocycles. The third-order valence-corrected chi connectivity index (χ3v) is 7.57. The number of carbonyl (C=O) groups is 2. The zero-order chi connectivity index (χ0) is 26.0. The number of unbranched alkanes of at least 4 members (excludes halogenated alkanes) is 2. The summed E-state index contributed by atoms with van der Waals surface area (Å²) in [5.74, 6) is -1.13. The maximum atomic E-state index is 13.2. The molecule has 0 heterocycles. The Hall–Kier alpha value is -1.70. The van der Waals surface area contributed by atoms with Crippen LogP contribution in [0.2, 0.25) is 0 Å². The van der Waals surface area contributed by atoms with Gasteiger partial charge in [0.1, 0.15) is 6.10 Å². The molecule has 0 radical (unpaired) electrons. The van der Waals surface area contributed by atoms with Crippen molar-refractivity contribution < 1.29 is 34.8 Å². The number of aliphatic hydroxyl groups excluding tert-OH is 3. The van der Waals surface area contributed by atoms with E-state index in [-0.39, 0.29) is 42.5 Å². The van der Waals surface area contributed by atoms with Crippen LogP contribution in [0.4, 0.5) is 0 Å². The third kappa shape index (κ3) is 9.36. The van der Waals surface area contributed by atoms with Crippen molar-refractivity contribution in [2.24, 2.45) is 23.7 Å². The van der Waals surface area contributed by atoms with E-state index < -0.39 is 30.4 Å². The van der Waals surface area contributed by atoms with Crippen LogP contribution in [-0.2, 0) is 14.3 Å². The number of fused-ring (bicyclic) bond motifs is 1. The summed E-state index contributed by atoms with van der Waals surface area (Å²) in [6.45, 7) is 6.34. The van der Waals surface area contributed by atoms with Gasteiger partial charge >= 0.3 is 11.9 Å². The monoisotopic (exact) mass is 494 g/mol. The zero-order valence-corrected chi connectivity index (χ0v) is 21.6. The molecule has 4 N–H and O–H groups in total. The van der Waals surface area contributed by atoms with Gasteiger partial charge < -0.3 is 25.2 Å². The summed E-state index contributed by atoms with van der Waals surface area (Å²) in [4.78, 5) is 24.0. The largest absolute Gasteiger partial charge is 0.481 e. The molecule has 2 aliphatic carbocycles. The highest BCUT2D eigenvalue weighted by molar-refractivity contribution is 5.72. The summed E-state index contributed by atoms with van der Waals surface area (Å²) in [7, 11) is 0. The molecule has 0 bridgehead atoms. The van der Waals surface area contributed by atoms with Crippen LogP contribution in [0.3, 0.4) is 0 Å². The zero-order valence-electron chi connectivity index (χ0n) is 21.6. The second kappa shape index (κ2) is 14.8. The number of carboxylic acids is 1. The third-order valence-electron chi connectivity index (χ3n) is 7.57. The van der Waals surface area contributed by atoms with Gasteiger partial charge in [-0.25, -0.2) is 0 Å². The van der Waals surface area contributed by atoms with E-state index in [0.29, 0.717) is 19.3 Å². The Morgan fingerprint density at radius 1 is 1.09 bits per heavy atom. The fourth-order valence-electron chi connectivity index (χ4n) is 5.61. The second-order valence-corrected chi connectivity index (χ2v) is 10.6. The standard InChI is InChI=1S/C28H46O7/c1-4-6-8-19(9-7-5-2)28(34)35-25-16-22(30)14-20-11-10-18(3)24(27(20)25)13-12-21(29)15-23(31)17-26(32)33/h10-11,14,18-19,21-25,27,29-31H,4-9,12-13,15-17H2,1-3H3,(H,32,33)/t18-,21+,22+,23+,24-,25-,27-/m0/s1. The number of aliphatic hydroxyl groups is 3. The number of rotatable bonds is 15. The van der Waals surface area contributed by atoms with Gasteiger partial charge in [0.15, 0.2) is 0 Å². The Labute approximate surface area is 210 Å². The molecule has 0 aromatic heterocycles. The Morgan fingerprint density at radius 3 is 2.34 bits per heavy atom. The molecule has 7 atom stereocenters. The van der Waals surface area contributed by atoms with Gasteiger partial charge in [0, 0.05) is 12.3 Å². The van der Waals surface area contributed by atoms with Crippen LogP contribution < -0.4 is 0 Å². The average molecular weight is 495 g/mol. The highest BCUT2D eigenvalue weighted by atomic mass is 16.5. The summed E-state index contributed by atoms with van der Waals surface area (Å²) >= 11 is 0. The van der Waals surface area contributed by atoms with Crippen LogP contribution in [0.5, 0.6) is 0 Å². The molecule has 0 saturated carbocycles. The van der Waals surface area contributed by atoms with Crippen LogP contribution in [0.15, 0.2) is 23.8 Å². The van der Waals surface area contributed by atoms with E-state index in [0.717, 1.165) is 44.1 Å². The first-order valence-corrected chi connectivity index (χ1v) is 13.5. The summed E-state index contributed by atoms with van der Waals surface area (Å²) in [6, 6.07) is 0. The Bertz CT molecular complexity index is 723. The van der Waals surface area contributed by atoms with Crippen LogP contribution in [0.1, 0.15) is 91.4 Å². The number of allylic oxidation sites excluding steroid dienone is 2. The minimum absolute atomic E-state index is 0.0181. The van der Waals surface area contributed by atoms with Gasteiger partial charge in [-0.2, -0.15) is 0 Å². The molecule has 0 amide bonds. The molecule has 200 valence electrons. The molecule has 0 spiro atoms. The van der Waals surface area contributed by atoms with E-state index in [4.69, 9.17) is 9.84 Å². The highest BCUT2D eigenvalue weighted by Crippen LogP contribution is 2.44. The van der Waals surface area contributed by atoms with Crippen molar-refractivity contribution in [1.82, 2.24) is 0 Å². The summed E-state index contributed by atoms with van der Waals surface area (Å²) in [5, 5.41) is 39.6. The van der Waals surface area contributed by atoms with Crippen molar-refractivity contribution in [3.63, 3.8) is 0 Å². The molecule has 0 fully saturated rings. The Morgan fingerprint density at radius 2 is 1.74 bits per heavy atom. The molecular weight excluding hydrogens is 448 g/mol. The Balaban J connectivity index is 2.11. The summed E-state index contributed by atoms with van der Waals surface area (Å²) < 4.78 is 6.14. The molecule has 2 aliphatic rings. The normalized spacial score (nSPS) is 27.7. The van der Waals surface area contributed by atoms with Gasteiger partial charge in [-0.1, -0.05) is 64.7 Å².